The summed E-state index contributed by atoms with van der Waals surface area (Å²) in [5.74, 6) is 0.228. The van der Waals surface area contributed by atoms with E-state index < -0.39 is 0 Å². The first kappa shape index (κ1) is 25.2. The van der Waals surface area contributed by atoms with E-state index in [1.807, 2.05) is 12.1 Å². The maximum atomic E-state index is 6.02. The Morgan fingerprint density at radius 1 is 0.707 bits per heavy atom. The normalized spacial score (nSPS) is 22.4. The van der Waals surface area contributed by atoms with Crippen LogP contribution in [0.4, 0.5) is 5.69 Å². The van der Waals surface area contributed by atoms with E-state index in [-0.39, 0.29) is 5.92 Å². The lowest BCUT2D eigenvalue weighted by Crippen LogP contribution is -2.01. The van der Waals surface area contributed by atoms with E-state index in [9.17, 15) is 0 Å². The topological polar surface area (TPSA) is 25.2 Å². The summed E-state index contributed by atoms with van der Waals surface area (Å²) >= 11 is 0. The summed E-state index contributed by atoms with van der Waals surface area (Å²) < 4.78 is 6.02. The molecule has 0 bridgehead atoms. The molecule has 2 nitrogen and oxygen atoms in total. The summed E-state index contributed by atoms with van der Waals surface area (Å²) in [5.41, 5.74) is 10.8. The van der Waals surface area contributed by atoms with Gasteiger partial charge in [-0.05, 0) is 83.5 Å². The van der Waals surface area contributed by atoms with Gasteiger partial charge in [0.25, 0.3) is 0 Å². The monoisotopic (exact) mass is 531 g/mol. The Hall–Kier alpha value is -4.82. The van der Waals surface area contributed by atoms with Gasteiger partial charge in [-0.15, -0.1) is 0 Å². The summed E-state index contributed by atoms with van der Waals surface area (Å²) in [4.78, 5) is 0. The van der Waals surface area contributed by atoms with Gasteiger partial charge in [0, 0.05) is 34.5 Å². The highest BCUT2D eigenvalue weighted by Crippen LogP contribution is 2.34. The van der Waals surface area contributed by atoms with E-state index >= 15 is 0 Å². The number of furan rings is 1. The van der Waals surface area contributed by atoms with Crippen LogP contribution in [0.3, 0.4) is 0 Å². The van der Waals surface area contributed by atoms with Crippen LogP contribution in [0, 0.1) is 0 Å². The Morgan fingerprint density at radius 2 is 1.56 bits per heavy atom. The van der Waals surface area contributed by atoms with Crippen molar-refractivity contribution in [3.8, 4) is 0 Å². The quantitative estimate of drug-likeness (QED) is 0.265. The SMILES string of the molecule is C1=CC2=CC/C=C\CC=C2CC(c2ccc(N/C3=C/C=C\C(c4ccc5oc6ccccc6c5c4)/C=C\C3)cc2)=C1. The molecule has 1 unspecified atom stereocenters. The smallest absolute Gasteiger partial charge is 0.135 e. The Kier molecular flexibility index (Phi) is 6.97. The number of fused-ring (bicyclic) bond motifs is 4. The number of rotatable bonds is 4. The molecule has 3 aliphatic rings. The highest BCUT2D eigenvalue weighted by molar-refractivity contribution is 6.05. The molecule has 0 saturated heterocycles. The van der Waals surface area contributed by atoms with Crippen molar-refractivity contribution in [3.05, 3.63) is 168 Å². The highest BCUT2D eigenvalue weighted by atomic mass is 16.3. The van der Waals surface area contributed by atoms with Gasteiger partial charge in [0.15, 0.2) is 0 Å². The van der Waals surface area contributed by atoms with Gasteiger partial charge in [-0.2, -0.15) is 0 Å². The van der Waals surface area contributed by atoms with Crippen LogP contribution in [0.2, 0.25) is 0 Å². The first-order valence-electron chi connectivity index (χ1n) is 14.5. The molecule has 41 heavy (non-hydrogen) atoms. The van der Waals surface area contributed by atoms with Gasteiger partial charge >= 0.3 is 0 Å². The Labute approximate surface area is 241 Å². The third kappa shape index (κ3) is 5.47. The average Bonchev–Trinajstić information content (AvgIpc) is 3.23. The summed E-state index contributed by atoms with van der Waals surface area (Å²) in [6.07, 6.45) is 30.9. The number of hydrogen-bond acceptors (Lipinski definition) is 2. The molecule has 0 saturated carbocycles. The third-order valence-corrected chi connectivity index (χ3v) is 8.11. The lowest BCUT2D eigenvalue weighted by Gasteiger charge is -2.15. The Balaban J connectivity index is 1.04. The lowest BCUT2D eigenvalue weighted by molar-refractivity contribution is 0.669. The molecular formula is C39H33NO. The van der Waals surface area contributed by atoms with Gasteiger partial charge in [-0.1, -0.05) is 103 Å². The third-order valence-electron chi connectivity index (χ3n) is 8.11. The zero-order valence-electron chi connectivity index (χ0n) is 23.1. The molecule has 0 amide bonds. The van der Waals surface area contributed by atoms with Crippen molar-refractivity contribution in [3.63, 3.8) is 0 Å². The van der Waals surface area contributed by atoms with Gasteiger partial charge < -0.3 is 9.73 Å². The second kappa shape index (κ2) is 11.3. The number of para-hydroxylation sites is 1. The molecule has 200 valence electrons. The van der Waals surface area contributed by atoms with Gasteiger partial charge in [0.05, 0.1) is 0 Å². The minimum Gasteiger partial charge on any atom is -0.456 e. The van der Waals surface area contributed by atoms with E-state index in [1.165, 1.54) is 44.3 Å². The Morgan fingerprint density at radius 3 is 2.49 bits per heavy atom. The first-order valence-corrected chi connectivity index (χ1v) is 14.5. The first-order chi connectivity index (χ1) is 20.3. The molecule has 0 radical (unpaired) electrons. The zero-order chi connectivity index (χ0) is 27.4. The number of nitrogens with one attached hydrogen (secondary N) is 1. The van der Waals surface area contributed by atoms with Crippen LogP contribution in [0.15, 0.2) is 161 Å². The minimum absolute atomic E-state index is 0.228. The molecule has 0 spiro atoms. The molecule has 0 aliphatic heterocycles. The molecule has 1 N–H and O–H groups in total. The van der Waals surface area contributed by atoms with Crippen LogP contribution < -0.4 is 5.32 Å². The fourth-order valence-corrected chi connectivity index (χ4v) is 5.91. The molecule has 1 aromatic heterocycles. The predicted molar refractivity (Wildman–Crippen MR) is 174 cm³/mol. The number of benzene rings is 3. The van der Waals surface area contributed by atoms with E-state index in [0.717, 1.165) is 42.5 Å². The molecule has 1 atom stereocenters. The summed E-state index contributed by atoms with van der Waals surface area (Å²) in [6, 6.07) is 23.7. The van der Waals surface area contributed by atoms with Crippen molar-refractivity contribution in [2.75, 3.05) is 5.32 Å². The van der Waals surface area contributed by atoms with Crippen LogP contribution in [0.25, 0.3) is 27.5 Å². The van der Waals surface area contributed by atoms with E-state index in [4.69, 9.17) is 4.42 Å². The van der Waals surface area contributed by atoms with E-state index in [0.29, 0.717) is 0 Å². The fourth-order valence-electron chi connectivity index (χ4n) is 5.91. The largest absolute Gasteiger partial charge is 0.456 e. The fraction of sp³-hybridized carbons (Fsp3) is 0.128. The molecule has 4 aromatic rings. The van der Waals surface area contributed by atoms with Gasteiger partial charge in [0.1, 0.15) is 11.2 Å². The second-order valence-corrected chi connectivity index (χ2v) is 10.9. The van der Waals surface area contributed by atoms with Gasteiger partial charge in [-0.3, -0.25) is 0 Å². The second-order valence-electron chi connectivity index (χ2n) is 10.9. The predicted octanol–water partition coefficient (Wildman–Crippen LogP) is 10.7. The average molecular weight is 532 g/mol. The van der Waals surface area contributed by atoms with Crippen molar-refractivity contribution in [2.45, 2.75) is 31.6 Å². The lowest BCUT2D eigenvalue weighted by atomic mass is 9.93. The van der Waals surface area contributed by atoms with E-state index in [1.54, 1.807) is 0 Å². The van der Waals surface area contributed by atoms with Crippen molar-refractivity contribution in [1.29, 1.82) is 0 Å². The van der Waals surface area contributed by atoms with E-state index in [2.05, 4.69) is 133 Å². The molecule has 3 aromatic carbocycles. The number of allylic oxidation sites excluding steroid dienone is 15. The molecule has 3 aliphatic carbocycles. The van der Waals surface area contributed by atoms with Crippen molar-refractivity contribution >= 4 is 33.2 Å². The maximum Gasteiger partial charge on any atom is 0.135 e. The molecule has 7 rings (SSSR count). The number of hydrogen-bond donors (Lipinski definition) is 1. The van der Waals surface area contributed by atoms with Crippen LogP contribution in [0.5, 0.6) is 0 Å². The molecule has 2 heteroatoms. The maximum absolute atomic E-state index is 6.02. The molecular weight excluding hydrogens is 498 g/mol. The molecule has 1 heterocycles. The summed E-state index contributed by atoms with van der Waals surface area (Å²) in [6.45, 7) is 0. The minimum atomic E-state index is 0.228. The summed E-state index contributed by atoms with van der Waals surface area (Å²) in [5, 5.41) is 5.98. The van der Waals surface area contributed by atoms with Gasteiger partial charge in [0.2, 0.25) is 0 Å². The van der Waals surface area contributed by atoms with Crippen molar-refractivity contribution in [2.24, 2.45) is 0 Å². The highest BCUT2D eigenvalue weighted by Gasteiger charge is 2.13. The van der Waals surface area contributed by atoms with Crippen LogP contribution in [0.1, 0.15) is 42.7 Å². The Bertz CT molecular complexity index is 1850. The van der Waals surface area contributed by atoms with Gasteiger partial charge in [-0.25, -0.2) is 0 Å². The summed E-state index contributed by atoms with van der Waals surface area (Å²) in [7, 11) is 0. The van der Waals surface area contributed by atoms with Crippen molar-refractivity contribution < 1.29 is 4.42 Å². The number of anilines is 1. The standard InChI is InChI=1S/C39H33NO/c1-2-4-11-31-26-32(15-7-12-28(31)10-3-1)30-20-23-35(24-21-30)40-34-16-8-13-29(14-9-17-34)33-22-25-39-37(27-33)36-18-5-6-19-38(36)41-39/h1-2,5-16,18-25,27,29,40H,3-4,17,26H2/b2-1-,13-8-,14-9-,28-10?,31-11?,34-16+. The van der Waals surface area contributed by atoms with Crippen LogP contribution >= 0.6 is 0 Å². The zero-order valence-corrected chi connectivity index (χ0v) is 23.1. The molecule has 0 fully saturated rings. The van der Waals surface area contributed by atoms with Crippen molar-refractivity contribution in [1.82, 2.24) is 0 Å². The van der Waals surface area contributed by atoms with Crippen LogP contribution in [-0.2, 0) is 0 Å². The van der Waals surface area contributed by atoms with Crippen LogP contribution in [-0.4, -0.2) is 0 Å².